The third-order valence-electron chi connectivity index (χ3n) is 5.80. The number of aryl methyl sites for hydroxylation is 1. The molecule has 0 heterocycles. The highest BCUT2D eigenvalue weighted by Gasteiger charge is 2.33. The van der Waals surface area contributed by atoms with Crippen LogP contribution >= 0.6 is 7.82 Å². The van der Waals surface area contributed by atoms with Gasteiger partial charge in [0.2, 0.25) is 0 Å². The molecular formula is C24H41N2O7P. The lowest BCUT2D eigenvalue weighted by Gasteiger charge is -2.32. The van der Waals surface area contributed by atoms with Gasteiger partial charge in [0.1, 0.15) is 11.5 Å². The predicted molar refractivity (Wildman–Crippen MR) is 134 cm³/mol. The summed E-state index contributed by atoms with van der Waals surface area (Å²) in [5.41, 5.74) is 3.46. The van der Waals surface area contributed by atoms with E-state index in [9.17, 15) is 14.5 Å². The molecule has 1 aliphatic carbocycles. The number of allylic oxidation sites excluding steroid dienone is 3. The highest BCUT2D eigenvalue weighted by molar-refractivity contribution is 7.46. The minimum Gasteiger partial charge on any atom is -0.507 e. The lowest BCUT2D eigenvalue weighted by Crippen LogP contribution is -2.26. The molecule has 1 aromatic carbocycles. The van der Waals surface area contributed by atoms with Gasteiger partial charge in [-0.2, -0.15) is 0 Å². The van der Waals surface area contributed by atoms with Crippen molar-refractivity contribution in [1.29, 1.82) is 0 Å². The van der Waals surface area contributed by atoms with Gasteiger partial charge in [-0.15, -0.1) is 0 Å². The van der Waals surface area contributed by atoms with Crippen LogP contribution in [0.2, 0.25) is 0 Å². The van der Waals surface area contributed by atoms with E-state index >= 15 is 0 Å². The molecule has 34 heavy (non-hydrogen) atoms. The second-order valence-electron chi connectivity index (χ2n) is 8.67. The van der Waals surface area contributed by atoms with E-state index in [0.717, 1.165) is 43.2 Å². The number of rotatable bonds is 10. The number of benzene rings is 1. The molecule has 10 heteroatoms. The molecule has 1 aromatic rings. The van der Waals surface area contributed by atoms with Gasteiger partial charge in [0, 0.05) is 11.5 Å². The summed E-state index contributed by atoms with van der Waals surface area (Å²) in [7, 11) is -4.86. The Morgan fingerprint density at radius 2 is 1.91 bits per heavy atom. The van der Waals surface area contributed by atoms with Crippen LogP contribution in [0, 0.1) is 5.92 Å². The molecule has 0 saturated carbocycles. The number of carbonyl (C=O) groups is 1. The molecule has 0 aliphatic heterocycles. The predicted octanol–water partition coefficient (Wildman–Crippen LogP) is 5.87. The number of unbranched alkanes of at least 4 members (excludes halogenated alkanes) is 2. The monoisotopic (exact) mass is 500 g/mol. The molecule has 194 valence electrons. The lowest BCUT2D eigenvalue weighted by molar-refractivity contribution is -0.142. The molecule has 0 fully saturated rings. The van der Waals surface area contributed by atoms with Gasteiger partial charge in [0.25, 0.3) is 0 Å². The summed E-state index contributed by atoms with van der Waals surface area (Å²) in [6.45, 7) is 11.4. The molecule has 0 spiro atoms. The van der Waals surface area contributed by atoms with Crippen LogP contribution in [0.1, 0.15) is 76.8 Å². The smallest absolute Gasteiger partial charge is 0.470 e. The van der Waals surface area contributed by atoms with E-state index in [1.807, 2.05) is 13.8 Å². The van der Waals surface area contributed by atoms with Crippen LogP contribution in [0.3, 0.4) is 0 Å². The number of hydrogen-bond donors (Lipinski definition) is 5. The Labute approximate surface area is 202 Å². The molecule has 0 saturated heterocycles. The highest BCUT2D eigenvalue weighted by Crippen LogP contribution is 2.47. The molecule has 1 aliphatic rings. The third kappa shape index (κ3) is 8.98. The van der Waals surface area contributed by atoms with E-state index in [2.05, 4.69) is 24.1 Å². The van der Waals surface area contributed by atoms with Crippen molar-refractivity contribution >= 4 is 13.8 Å². The Morgan fingerprint density at radius 3 is 2.47 bits per heavy atom. The van der Waals surface area contributed by atoms with Crippen LogP contribution < -0.4 is 17.0 Å². The van der Waals surface area contributed by atoms with E-state index < -0.39 is 19.9 Å². The number of phosphoric ester groups is 1. The second-order valence-corrected chi connectivity index (χ2v) is 9.87. The van der Waals surface area contributed by atoms with Crippen molar-refractivity contribution in [1.82, 2.24) is 12.3 Å². The minimum absolute atomic E-state index is 0. The average molecular weight is 501 g/mol. The zero-order valence-corrected chi connectivity index (χ0v) is 21.6. The van der Waals surface area contributed by atoms with E-state index in [4.69, 9.17) is 14.5 Å². The minimum atomic E-state index is -4.86. The second kappa shape index (κ2) is 13.8. The molecule has 9 nitrogen and oxygen atoms in total. The van der Waals surface area contributed by atoms with Crippen molar-refractivity contribution in [3.63, 3.8) is 0 Å². The number of phenols is 1. The topological polar surface area (TPSA) is 183 Å². The summed E-state index contributed by atoms with van der Waals surface area (Å²) >= 11 is 0. The first kappa shape index (κ1) is 32.0. The van der Waals surface area contributed by atoms with Gasteiger partial charge in [0.05, 0.1) is 0 Å². The van der Waals surface area contributed by atoms with Crippen LogP contribution in [-0.2, 0) is 20.3 Å². The summed E-state index contributed by atoms with van der Waals surface area (Å²) < 4.78 is 21.2. The summed E-state index contributed by atoms with van der Waals surface area (Å²) in [5.74, 6) is -0.885. The first-order valence-corrected chi connectivity index (χ1v) is 12.6. The molecule has 3 atom stereocenters. The number of hydrogen-bond acceptors (Lipinski definition) is 7. The van der Waals surface area contributed by atoms with Gasteiger partial charge < -0.3 is 31.9 Å². The largest absolute Gasteiger partial charge is 0.507 e. The summed E-state index contributed by atoms with van der Waals surface area (Å²) in [4.78, 5) is 30.6. The number of esters is 1. The van der Waals surface area contributed by atoms with Crippen LogP contribution in [0.4, 0.5) is 0 Å². The van der Waals surface area contributed by atoms with Gasteiger partial charge in [-0.25, -0.2) is 9.36 Å². The molecule has 2 rings (SSSR count). The van der Waals surface area contributed by atoms with E-state index in [1.165, 1.54) is 12.5 Å². The molecule has 0 aromatic heterocycles. The van der Waals surface area contributed by atoms with Gasteiger partial charge in [0.15, 0.2) is 6.10 Å². The first-order chi connectivity index (χ1) is 14.9. The van der Waals surface area contributed by atoms with Crippen molar-refractivity contribution in [2.24, 2.45) is 5.92 Å². The van der Waals surface area contributed by atoms with E-state index in [1.54, 1.807) is 12.1 Å². The molecule has 0 radical (unpaired) electrons. The number of phosphoric acid groups is 1. The van der Waals surface area contributed by atoms with Crippen molar-refractivity contribution in [2.75, 3.05) is 0 Å². The van der Waals surface area contributed by atoms with Crippen molar-refractivity contribution in [2.45, 2.75) is 78.2 Å². The number of carbonyl (C=O) groups excluding carboxylic acids is 1. The highest BCUT2D eigenvalue weighted by atomic mass is 31.2. The van der Waals surface area contributed by atoms with Gasteiger partial charge in [-0.05, 0) is 70.1 Å². The maximum absolute atomic E-state index is 12.6. The summed E-state index contributed by atoms with van der Waals surface area (Å²) in [6, 6.07) is 3.45. The van der Waals surface area contributed by atoms with Crippen LogP contribution in [0.5, 0.6) is 11.5 Å². The third-order valence-corrected chi connectivity index (χ3v) is 6.39. The Morgan fingerprint density at radius 1 is 1.26 bits per heavy atom. The first-order valence-electron chi connectivity index (χ1n) is 11.1. The molecular weight excluding hydrogens is 459 g/mol. The fraction of sp³-hybridized carbons (Fsp3) is 0.542. The fourth-order valence-corrected chi connectivity index (χ4v) is 4.65. The van der Waals surface area contributed by atoms with Crippen LogP contribution in [0.25, 0.3) is 0 Å². The molecule has 9 N–H and O–H groups in total. The van der Waals surface area contributed by atoms with E-state index in [-0.39, 0.29) is 35.6 Å². The maximum Gasteiger partial charge on any atom is 0.470 e. The number of phenolic OH excluding ortho intramolecular Hbond substituents is 1. The number of ether oxygens (including phenoxy) is 1. The lowest BCUT2D eigenvalue weighted by atomic mass is 9.73. The Balaban J connectivity index is 0.00000544. The normalized spacial score (nSPS) is 18.7. The summed E-state index contributed by atoms with van der Waals surface area (Å²) in [5, 5.41) is 11.0. The van der Waals surface area contributed by atoms with Gasteiger partial charge in [-0.1, -0.05) is 43.6 Å². The average Bonchev–Trinajstić information content (AvgIpc) is 2.66. The maximum atomic E-state index is 12.6. The Bertz CT molecular complexity index is 926. The zero-order chi connectivity index (χ0) is 24.1. The Hall–Kier alpha value is -2.00. The van der Waals surface area contributed by atoms with Gasteiger partial charge in [-0.3, -0.25) is 4.52 Å². The summed E-state index contributed by atoms with van der Waals surface area (Å²) in [6.07, 6.45) is 6.11. The van der Waals surface area contributed by atoms with Crippen LogP contribution in [-0.4, -0.2) is 27.0 Å². The molecule has 1 unspecified atom stereocenters. The van der Waals surface area contributed by atoms with Gasteiger partial charge >= 0.3 is 13.8 Å². The quantitative estimate of drug-likeness (QED) is 0.0861. The number of aromatic hydroxyl groups is 1. The molecule has 0 bridgehead atoms. The van der Waals surface area contributed by atoms with E-state index in [0.29, 0.717) is 12.0 Å². The van der Waals surface area contributed by atoms with Crippen molar-refractivity contribution in [3.8, 4) is 11.5 Å². The standard InChI is InChI=1S/C24H35O7P.2H3N/c1-6-7-8-9-18-13-21(25)23(20-12-16(4)10-11-19(20)15(2)3)22(14-18)30-24(26)17(5)31-32(27,28)29;;/h12-14,17,19-20,25H,2,6-11H2,1,3-5H3,(H2,27,28,29);2*1H3/t17?,19-,20+;;/m0../s1. The van der Waals surface area contributed by atoms with Crippen LogP contribution in [0.15, 0.2) is 35.9 Å². The van der Waals surface area contributed by atoms with Crippen molar-refractivity contribution < 1.29 is 33.5 Å². The molecule has 0 amide bonds. The Kier molecular flexibility index (Phi) is 13.0. The fourth-order valence-electron chi connectivity index (χ4n) is 4.16. The van der Waals surface area contributed by atoms with Crippen molar-refractivity contribution in [3.05, 3.63) is 47.1 Å². The SMILES string of the molecule is C=C(C)[C@@H]1CCC(C)=C[C@H]1c1c(O)cc(CCCCC)cc1OC(=O)C(C)OP(=O)(O)O.N.N. The zero-order valence-electron chi connectivity index (χ0n) is 20.7.